The number of ether oxygens (including phenoxy) is 2. The van der Waals surface area contributed by atoms with E-state index in [9.17, 15) is 4.79 Å². The molecule has 1 unspecified atom stereocenters. The van der Waals surface area contributed by atoms with E-state index in [0.717, 1.165) is 24.2 Å². The Morgan fingerprint density at radius 1 is 1.45 bits per heavy atom. The molecule has 2 N–H and O–H groups in total. The number of hydrogen-bond donors (Lipinski definition) is 2. The summed E-state index contributed by atoms with van der Waals surface area (Å²) in [5.41, 5.74) is 1.61. The molecular formula is C15H21NO4. The average Bonchev–Trinajstić information content (AvgIpc) is 2.89. The molecule has 1 atom stereocenters. The average molecular weight is 279 g/mol. The van der Waals surface area contributed by atoms with E-state index in [1.54, 1.807) is 7.11 Å². The van der Waals surface area contributed by atoms with Gasteiger partial charge in [-0.15, -0.1) is 0 Å². The summed E-state index contributed by atoms with van der Waals surface area (Å²) in [5, 5.41) is 12.3. The maximum absolute atomic E-state index is 10.8. The van der Waals surface area contributed by atoms with Crippen LogP contribution in [0.15, 0.2) is 24.3 Å². The first-order valence-corrected chi connectivity index (χ1v) is 6.77. The van der Waals surface area contributed by atoms with E-state index >= 15 is 0 Å². The topological polar surface area (TPSA) is 67.8 Å². The van der Waals surface area contributed by atoms with Crippen molar-refractivity contribution in [2.45, 2.75) is 25.0 Å². The van der Waals surface area contributed by atoms with Gasteiger partial charge >= 0.3 is 5.97 Å². The highest BCUT2D eigenvalue weighted by Gasteiger charge is 2.34. The maximum atomic E-state index is 10.8. The predicted octanol–water partition coefficient (Wildman–Crippen LogP) is 1.21. The van der Waals surface area contributed by atoms with Crippen molar-refractivity contribution in [2.75, 3.05) is 26.9 Å². The van der Waals surface area contributed by atoms with E-state index in [1.807, 2.05) is 24.3 Å². The molecule has 0 aliphatic carbocycles. The van der Waals surface area contributed by atoms with E-state index in [4.69, 9.17) is 14.6 Å². The molecule has 1 heterocycles. The highest BCUT2D eigenvalue weighted by atomic mass is 16.5. The van der Waals surface area contributed by atoms with E-state index in [0.29, 0.717) is 19.7 Å². The summed E-state index contributed by atoms with van der Waals surface area (Å²) in [5.74, 6) is -0.810. The Morgan fingerprint density at radius 2 is 2.20 bits per heavy atom. The van der Waals surface area contributed by atoms with Gasteiger partial charge in [-0.2, -0.15) is 0 Å². The van der Waals surface area contributed by atoms with Crippen molar-refractivity contribution in [1.29, 1.82) is 0 Å². The fourth-order valence-electron chi connectivity index (χ4n) is 2.45. The molecule has 1 aromatic rings. The summed E-state index contributed by atoms with van der Waals surface area (Å²) in [4.78, 5) is 10.8. The summed E-state index contributed by atoms with van der Waals surface area (Å²) in [6, 6.07) is 7.60. The van der Waals surface area contributed by atoms with Gasteiger partial charge in [-0.05, 0) is 11.1 Å². The molecule has 1 aliphatic rings. The van der Waals surface area contributed by atoms with Gasteiger partial charge in [-0.25, -0.2) is 0 Å². The summed E-state index contributed by atoms with van der Waals surface area (Å²) in [7, 11) is 1.70. The third kappa shape index (κ3) is 3.79. The minimum Gasteiger partial charge on any atom is -0.481 e. The van der Waals surface area contributed by atoms with Crippen LogP contribution in [0.5, 0.6) is 0 Å². The molecule has 1 aromatic carbocycles. The van der Waals surface area contributed by atoms with Crippen molar-refractivity contribution in [3.63, 3.8) is 0 Å². The highest BCUT2D eigenvalue weighted by molar-refractivity contribution is 5.70. The van der Waals surface area contributed by atoms with Crippen molar-refractivity contribution >= 4 is 5.97 Å². The van der Waals surface area contributed by atoms with Crippen LogP contribution in [0.25, 0.3) is 0 Å². The van der Waals surface area contributed by atoms with Crippen LogP contribution in [0.2, 0.25) is 0 Å². The fourth-order valence-corrected chi connectivity index (χ4v) is 2.45. The number of hydrogen-bond acceptors (Lipinski definition) is 4. The van der Waals surface area contributed by atoms with Gasteiger partial charge in [0.15, 0.2) is 0 Å². The largest absolute Gasteiger partial charge is 0.481 e. The molecule has 2 rings (SSSR count). The highest BCUT2D eigenvalue weighted by Crippen LogP contribution is 2.21. The van der Waals surface area contributed by atoms with E-state index in [2.05, 4.69) is 5.32 Å². The summed E-state index contributed by atoms with van der Waals surface area (Å²) < 4.78 is 10.9. The minimum atomic E-state index is -0.810. The Labute approximate surface area is 118 Å². The standard InChI is InChI=1S/C15H21NO4/c1-19-15(6-7-20-11-15)10-16-9-13-5-3-2-4-12(13)8-14(17)18/h2-5,16H,6-11H2,1H3,(H,17,18). The van der Waals surface area contributed by atoms with Gasteiger partial charge < -0.3 is 19.9 Å². The quantitative estimate of drug-likeness (QED) is 0.785. The van der Waals surface area contributed by atoms with Crippen LogP contribution in [-0.2, 0) is 27.2 Å². The molecule has 20 heavy (non-hydrogen) atoms. The van der Waals surface area contributed by atoms with E-state index < -0.39 is 5.97 Å². The zero-order chi connectivity index (χ0) is 14.4. The van der Waals surface area contributed by atoms with Crippen molar-refractivity contribution < 1.29 is 19.4 Å². The predicted molar refractivity (Wildman–Crippen MR) is 74.7 cm³/mol. The lowest BCUT2D eigenvalue weighted by Gasteiger charge is -2.26. The van der Waals surface area contributed by atoms with Crippen molar-refractivity contribution in [3.05, 3.63) is 35.4 Å². The lowest BCUT2D eigenvalue weighted by atomic mass is 10.0. The van der Waals surface area contributed by atoms with Gasteiger partial charge in [0, 0.05) is 33.2 Å². The number of carboxylic acids is 1. The minimum absolute atomic E-state index is 0.0520. The Kier molecular flexibility index (Phi) is 5.11. The van der Waals surface area contributed by atoms with Gasteiger partial charge in [0.1, 0.15) is 5.60 Å². The zero-order valence-electron chi connectivity index (χ0n) is 11.7. The normalized spacial score (nSPS) is 22.1. The molecule has 110 valence electrons. The van der Waals surface area contributed by atoms with Crippen LogP contribution >= 0.6 is 0 Å². The number of carboxylic acid groups (broad SMARTS) is 1. The lowest BCUT2D eigenvalue weighted by Crippen LogP contribution is -2.42. The number of nitrogens with one attached hydrogen (secondary N) is 1. The maximum Gasteiger partial charge on any atom is 0.307 e. The van der Waals surface area contributed by atoms with Crippen LogP contribution in [-0.4, -0.2) is 43.5 Å². The second-order valence-corrected chi connectivity index (χ2v) is 5.13. The second kappa shape index (κ2) is 6.83. The number of aliphatic carboxylic acids is 1. The van der Waals surface area contributed by atoms with Gasteiger partial charge in [-0.1, -0.05) is 24.3 Å². The van der Waals surface area contributed by atoms with Crippen molar-refractivity contribution in [3.8, 4) is 0 Å². The lowest BCUT2D eigenvalue weighted by molar-refractivity contribution is -0.136. The van der Waals surface area contributed by atoms with Crippen molar-refractivity contribution in [2.24, 2.45) is 0 Å². The first-order valence-electron chi connectivity index (χ1n) is 6.77. The molecule has 0 saturated carbocycles. The first kappa shape index (κ1) is 15.0. The number of rotatable bonds is 7. The summed E-state index contributed by atoms with van der Waals surface area (Å²) >= 11 is 0. The Morgan fingerprint density at radius 3 is 2.80 bits per heavy atom. The van der Waals surface area contributed by atoms with Crippen LogP contribution in [0.1, 0.15) is 17.5 Å². The SMILES string of the molecule is COC1(CNCc2ccccc2CC(=O)O)CCOC1. The molecule has 0 aromatic heterocycles. The molecule has 5 heteroatoms. The fraction of sp³-hybridized carbons (Fsp3) is 0.533. The van der Waals surface area contributed by atoms with Gasteiger partial charge in [0.05, 0.1) is 13.0 Å². The third-order valence-corrected chi connectivity index (χ3v) is 3.72. The third-order valence-electron chi connectivity index (χ3n) is 3.72. The molecule has 5 nitrogen and oxygen atoms in total. The smallest absolute Gasteiger partial charge is 0.307 e. The monoisotopic (exact) mass is 279 g/mol. The number of carbonyl (C=O) groups is 1. The first-order chi connectivity index (χ1) is 9.65. The molecule has 0 radical (unpaired) electrons. The Balaban J connectivity index is 1.92. The molecule has 1 saturated heterocycles. The van der Waals surface area contributed by atoms with E-state index in [-0.39, 0.29) is 12.0 Å². The molecular weight excluding hydrogens is 258 g/mol. The van der Waals surface area contributed by atoms with Crippen molar-refractivity contribution in [1.82, 2.24) is 5.32 Å². The van der Waals surface area contributed by atoms with Crippen LogP contribution in [0.3, 0.4) is 0 Å². The van der Waals surface area contributed by atoms with Gasteiger partial charge in [0.2, 0.25) is 0 Å². The number of benzene rings is 1. The summed E-state index contributed by atoms with van der Waals surface area (Å²) in [6.07, 6.45) is 0.934. The Bertz CT molecular complexity index is 455. The van der Waals surface area contributed by atoms with Crippen LogP contribution in [0.4, 0.5) is 0 Å². The Hall–Kier alpha value is -1.43. The van der Waals surface area contributed by atoms with Crippen LogP contribution < -0.4 is 5.32 Å². The van der Waals surface area contributed by atoms with E-state index in [1.165, 1.54) is 0 Å². The van der Waals surface area contributed by atoms with Gasteiger partial charge in [-0.3, -0.25) is 4.79 Å². The summed E-state index contributed by atoms with van der Waals surface area (Å²) in [6.45, 7) is 2.66. The molecule has 0 bridgehead atoms. The molecule has 1 fully saturated rings. The number of methoxy groups -OCH3 is 1. The molecule has 1 aliphatic heterocycles. The zero-order valence-corrected chi connectivity index (χ0v) is 11.7. The molecule has 0 amide bonds. The second-order valence-electron chi connectivity index (χ2n) is 5.13. The molecule has 0 spiro atoms. The van der Waals surface area contributed by atoms with Crippen LogP contribution in [0, 0.1) is 0 Å². The van der Waals surface area contributed by atoms with Gasteiger partial charge in [0.25, 0.3) is 0 Å².